The third-order valence-corrected chi connectivity index (χ3v) is 1.44. The van der Waals surface area contributed by atoms with Crippen molar-refractivity contribution in [3.05, 3.63) is 35.4 Å². The second-order valence-electron chi connectivity index (χ2n) is 2.77. The Bertz CT molecular complexity index is 447. The number of esters is 1. The minimum atomic E-state index is -4.19. The van der Waals surface area contributed by atoms with Gasteiger partial charge in [0.15, 0.2) is 0 Å². The Kier molecular flexibility index (Phi) is 6.02. The molecule has 5 nitrogen and oxygen atoms in total. The fourth-order valence-corrected chi connectivity index (χ4v) is 0.890. The molecule has 90 valence electrons. The monoisotopic (exact) mass is 266 g/mol. The number of aryl methyl sites for hydroxylation is 1. The van der Waals surface area contributed by atoms with Gasteiger partial charge < -0.3 is 4.74 Å². The van der Waals surface area contributed by atoms with Gasteiger partial charge in [-0.15, -0.1) is 0 Å². The van der Waals surface area contributed by atoms with Gasteiger partial charge in [-0.25, -0.2) is 4.79 Å². The van der Waals surface area contributed by atoms with E-state index in [2.05, 4.69) is 15.4 Å². The van der Waals surface area contributed by atoms with Crippen LogP contribution >= 0.6 is 10.7 Å². The second-order valence-corrected chi connectivity index (χ2v) is 4.77. The standard InChI is InChI=1S/C9H10O2.ClHO3S/c1-7-4-3-5-8(6-7)9(10)11-2;1-5(2,3)4/h3-6H,1-2H3;(H,2,3,4). The predicted octanol–water partition coefficient (Wildman–Crippen LogP) is 1.81. The molecule has 1 aromatic rings. The molecule has 1 aromatic carbocycles. The summed E-state index contributed by atoms with van der Waals surface area (Å²) in [6, 6.07) is 7.30. The molecular formula is C9H11ClO5S. The number of carbonyl (C=O) groups excluding carboxylic acids is 1. The molecular weight excluding hydrogens is 256 g/mol. The van der Waals surface area contributed by atoms with Gasteiger partial charge in [0.25, 0.3) is 0 Å². The number of rotatable bonds is 1. The summed E-state index contributed by atoms with van der Waals surface area (Å²) >= 11 is 0. The summed E-state index contributed by atoms with van der Waals surface area (Å²) in [5.74, 6) is -0.284. The summed E-state index contributed by atoms with van der Waals surface area (Å²) in [6.45, 7) is 1.94. The number of methoxy groups -OCH3 is 1. The van der Waals surface area contributed by atoms with Crippen LogP contribution in [-0.4, -0.2) is 26.0 Å². The first-order valence-electron chi connectivity index (χ1n) is 4.06. The fourth-order valence-electron chi connectivity index (χ4n) is 0.890. The maximum Gasteiger partial charge on any atom is 0.353 e. The Balaban J connectivity index is 0.000000385. The zero-order valence-corrected chi connectivity index (χ0v) is 10.2. The van der Waals surface area contributed by atoms with Crippen LogP contribution in [0.15, 0.2) is 24.3 Å². The second kappa shape index (κ2) is 6.47. The third kappa shape index (κ3) is 8.22. The Morgan fingerprint density at radius 1 is 1.44 bits per heavy atom. The molecule has 0 aliphatic heterocycles. The molecule has 0 aromatic heterocycles. The van der Waals surface area contributed by atoms with E-state index < -0.39 is 9.33 Å². The van der Waals surface area contributed by atoms with Gasteiger partial charge in [-0.05, 0) is 19.1 Å². The molecule has 0 radical (unpaired) electrons. The highest BCUT2D eigenvalue weighted by atomic mass is 35.7. The zero-order valence-electron chi connectivity index (χ0n) is 8.68. The van der Waals surface area contributed by atoms with Crippen molar-refractivity contribution in [2.45, 2.75) is 6.92 Å². The quantitative estimate of drug-likeness (QED) is 0.476. The maximum absolute atomic E-state index is 10.9. The van der Waals surface area contributed by atoms with Gasteiger partial charge in [-0.3, -0.25) is 4.55 Å². The van der Waals surface area contributed by atoms with Crippen LogP contribution in [0.5, 0.6) is 0 Å². The van der Waals surface area contributed by atoms with Crippen LogP contribution in [0, 0.1) is 6.92 Å². The molecule has 0 heterocycles. The molecule has 0 atom stereocenters. The molecule has 0 aliphatic rings. The van der Waals surface area contributed by atoms with Gasteiger partial charge in [0.2, 0.25) is 0 Å². The average Bonchev–Trinajstić information content (AvgIpc) is 2.14. The van der Waals surface area contributed by atoms with Crippen LogP contribution in [-0.2, 0) is 14.1 Å². The van der Waals surface area contributed by atoms with Crippen molar-refractivity contribution in [3.8, 4) is 0 Å². The van der Waals surface area contributed by atoms with E-state index in [-0.39, 0.29) is 5.97 Å². The molecule has 16 heavy (non-hydrogen) atoms. The topological polar surface area (TPSA) is 80.7 Å². The average molecular weight is 267 g/mol. The Morgan fingerprint density at radius 2 is 1.94 bits per heavy atom. The number of benzene rings is 1. The lowest BCUT2D eigenvalue weighted by Crippen LogP contribution is -2.00. The molecule has 1 N–H and O–H groups in total. The van der Waals surface area contributed by atoms with E-state index in [9.17, 15) is 4.79 Å². The molecule has 0 fully saturated rings. The van der Waals surface area contributed by atoms with Gasteiger partial charge in [-0.2, -0.15) is 8.42 Å². The Labute approximate surface area is 98.2 Å². The molecule has 0 saturated heterocycles. The summed E-state index contributed by atoms with van der Waals surface area (Å²) in [6.07, 6.45) is 0. The third-order valence-electron chi connectivity index (χ3n) is 1.44. The normalized spacial score (nSPS) is 10.0. The zero-order chi connectivity index (χ0) is 12.8. The summed E-state index contributed by atoms with van der Waals surface area (Å²) < 4.78 is 29.7. The van der Waals surface area contributed by atoms with Crippen LogP contribution < -0.4 is 0 Å². The summed E-state index contributed by atoms with van der Waals surface area (Å²) in [7, 11) is 1.24. The number of halogens is 1. The molecule has 0 saturated carbocycles. The number of hydrogen-bond donors (Lipinski definition) is 1. The van der Waals surface area contributed by atoms with Gasteiger partial charge in [-0.1, -0.05) is 17.7 Å². The maximum atomic E-state index is 10.9. The lowest BCUT2D eigenvalue weighted by Gasteiger charge is -1.98. The van der Waals surface area contributed by atoms with Gasteiger partial charge >= 0.3 is 15.3 Å². The first-order valence-corrected chi connectivity index (χ1v) is 6.32. The molecule has 0 aliphatic carbocycles. The van der Waals surface area contributed by atoms with E-state index >= 15 is 0 Å². The van der Waals surface area contributed by atoms with E-state index in [0.717, 1.165) is 5.56 Å². The van der Waals surface area contributed by atoms with E-state index in [0.29, 0.717) is 5.56 Å². The SMILES string of the molecule is COC(=O)c1cccc(C)c1.O=S(=O)(O)Cl. The van der Waals surface area contributed by atoms with Crippen molar-refractivity contribution in [2.24, 2.45) is 0 Å². The largest absolute Gasteiger partial charge is 0.465 e. The first kappa shape index (κ1) is 14.9. The van der Waals surface area contributed by atoms with Gasteiger partial charge in [0, 0.05) is 10.7 Å². The van der Waals surface area contributed by atoms with Gasteiger partial charge in [0.05, 0.1) is 12.7 Å². The van der Waals surface area contributed by atoms with Crippen molar-refractivity contribution in [2.75, 3.05) is 7.11 Å². The van der Waals surface area contributed by atoms with Crippen molar-refractivity contribution >= 4 is 26.0 Å². The number of ether oxygens (including phenoxy) is 1. The Hall–Kier alpha value is -1.11. The van der Waals surface area contributed by atoms with E-state index in [4.69, 9.17) is 13.0 Å². The molecule has 1 rings (SSSR count). The van der Waals surface area contributed by atoms with Crippen LogP contribution in [0.3, 0.4) is 0 Å². The lowest BCUT2D eigenvalue weighted by atomic mass is 10.1. The molecule has 7 heteroatoms. The predicted molar refractivity (Wildman–Crippen MR) is 59.9 cm³/mol. The fraction of sp³-hybridized carbons (Fsp3) is 0.222. The molecule has 0 bridgehead atoms. The lowest BCUT2D eigenvalue weighted by molar-refractivity contribution is 0.0600. The van der Waals surface area contributed by atoms with Crippen LogP contribution in [0.25, 0.3) is 0 Å². The first-order chi connectivity index (χ1) is 7.24. The van der Waals surface area contributed by atoms with E-state index in [1.54, 1.807) is 12.1 Å². The van der Waals surface area contributed by atoms with E-state index in [1.165, 1.54) is 7.11 Å². The highest BCUT2D eigenvalue weighted by molar-refractivity contribution is 8.09. The van der Waals surface area contributed by atoms with Crippen molar-refractivity contribution in [1.29, 1.82) is 0 Å². The Morgan fingerprint density at radius 3 is 2.31 bits per heavy atom. The minimum absolute atomic E-state index is 0.284. The van der Waals surface area contributed by atoms with Crippen molar-refractivity contribution in [1.82, 2.24) is 0 Å². The van der Waals surface area contributed by atoms with Crippen LogP contribution in [0.4, 0.5) is 0 Å². The van der Waals surface area contributed by atoms with Crippen molar-refractivity contribution in [3.63, 3.8) is 0 Å². The smallest absolute Gasteiger partial charge is 0.353 e. The highest BCUT2D eigenvalue weighted by Gasteiger charge is 2.02. The summed E-state index contributed by atoms with van der Waals surface area (Å²) in [4.78, 5) is 10.9. The van der Waals surface area contributed by atoms with Crippen LogP contribution in [0.2, 0.25) is 0 Å². The van der Waals surface area contributed by atoms with Crippen molar-refractivity contribution < 1.29 is 22.5 Å². The molecule has 0 unspecified atom stereocenters. The van der Waals surface area contributed by atoms with Gasteiger partial charge in [0.1, 0.15) is 0 Å². The molecule has 0 spiro atoms. The number of carbonyl (C=O) groups is 1. The highest BCUT2D eigenvalue weighted by Crippen LogP contribution is 2.04. The van der Waals surface area contributed by atoms with E-state index in [1.807, 2.05) is 19.1 Å². The number of hydrogen-bond acceptors (Lipinski definition) is 4. The molecule has 0 amide bonds. The summed E-state index contributed by atoms with van der Waals surface area (Å²) in [5.41, 5.74) is 1.67. The minimum Gasteiger partial charge on any atom is -0.465 e. The van der Waals surface area contributed by atoms with Crippen LogP contribution in [0.1, 0.15) is 15.9 Å². The summed E-state index contributed by atoms with van der Waals surface area (Å²) in [5, 5.41) is 0.